The molecule has 1 heterocycles. The van der Waals surface area contributed by atoms with E-state index in [1.165, 1.54) is 30.3 Å². The SMILES string of the molecule is Cc1ccc2[nH]c(=S)n(CC3CCC(C)C3)c2c1. The number of hydrogen-bond acceptors (Lipinski definition) is 1. The fourth-order valence-electron chi connectivity index (χ4n) is 3.19. The van der Waals surface area contributed by atoms with Crippen LogP contribution in [-0.4, -0.2) is 9.55 Å². The Balaban J connectivity index is 1.98. The van der Waals surface area contributed by atoms with Crippen LogP contribution in [-0.2, 0) is 6.54 Å². The highest BCUT2D eigenvalue weighted by atomic mass is 32.1. The Kier molecular flexibility index (Phi) is 3.02. The van der Waals surface area contributed by atoms with Crippen LogP contribution in [0.15, 0.2) is 18.2 Å². The van der Waals surface area contributed by atoms with Gasteiger partial charge in [0.05, 0.1) is 11.0 Å². The van der Waals surface area contributed by atoms with Gasteiger partial charge in [-0.05, 0) is 61.5 Å². The number of rotatable bonds is 2. The monoisotopic (exact) mass is 260 g/mol. The van der Waals surface area contributed by atoms with Crippen LogP contribution in [0.4, 0.5) is 0 Å². The van der Waals surface area contributed by atoms with Gasteiger partial charge in [0, 0.05) is 6.54 Å². The number of aryl methyl sites for hydroxylation is 1. The third-order valence-corrected chi connectivity index (χ3v) is 4.50. The van der Waals surface area contributed by atoms with E-state index in [0.717, 1.165) is 28.7 Å². The molecule has 3 rings (SSSR count). The van der Waals surface area contributed by atoms with Crippen LogP contribution < -0.4 is 0 Å². The minimum Gasteiger partial charge on any atom is -0.331 e. The quantitative estimate of drug-likeness (QED) is 0.791. The molecule has 1 saturated carbocycles. The van der Waals surface area contributed by atoms with Crippen molar-refractivity contribution in [1.82, 2.24) is 9.55 Å². The molecule has 0 bridgehead atoms. The lowest BCUT2D eigenvalue weighted by atomic mass is 10.1. The summed E-state index contributed by atoms with van der Waals surface area (Å²) in [5.41, 5.74) is 3.72. The van der Waals surface area contributed by atoms with E-state index in [2.05, 4.69) is 41.6 Å². The van der Waals surface area contributed by atoms with Gasteiger partial charge in [-0.2, -0.15) is 0 Å². The molecule has 1 aromatic heterocycles. The summed E-state index contributed by atoms with van der Waals surface area (Å²) in [7, 11) is 0. The Bertz CT molecular complexity index is 623. The van der Waals surface area contributed by atoms with Crippen molar-refractivity contribution in [2.75, 3.05) is 0 Å². The highest BCUT2D eigenvalue weighted by Crippen LogP contribution is 2.32. The van der Waals surface area contributed by atoms with Crippen LogP contribution >= 0.6 is 12.2 Å². The lowest BCUT2D eigenvalue weighted by Gasteiger charge is -2.11. The maximum atomic E-state index is 5.47. The van der Waals surface area contributed by atoms with Crippen molar-refractivity contribution in [3.63, 3.8) is 0 Å². The van der Waals surface area contributed by atoms with Gasteiger partial charge in [-0.25, -0.2) is 0 Å². The smallest absolute Gasteiger partial charge is 0.178 e. The summed E-state index contributed by atoms with van der Waals surface area (Å²) < 4.78 is 3.16. The molecule has 2 nitrogen and oxygen atoms in total. The van der Waals surface area contributed by atoms with E-state index in [1.54, 1.807) is 0 Å². The van der Waals surface area contributed by atoms with Crippen molar-refractivity contribution >= 4 is 23.3 Å². The summed E-state index contributed by atoms with van der Waals surface area (Å²) in [4.78, 5) is 3.32. The average Bonchev–Trinajstić information content (AvgIpc) is 2.86. The minimum atomic E-state index is 0.797. The number of H-pyrrole nitrogens is 1. The van der Waals surface area contributed by atoms with Gasteiger partial charge >= 0.3 is 0 Å². The van der Waals surface area contributed by atoms with Crippen molar-refractivity contribution in [2.24, 2.45) is 11.8 Å². The first-order valence-electron chi connectivity index (χ1n) is 6.82. The Labute approximate surface area is 113 Å². The molecule has 96 valence electrons. The van der Waals surface area contributed by atoms with E-state index in [1.807, 2.05) is 0 Å². The third-order valence-electron chi connectivity index (χ3n) is 4.17. The molecule has 0 amide bonds. The normalized spacial score (nSPS) is 23.9. The standard InChI is InChI=1S/C15H20N2S/c1-10-3-5-12(7-10)9-17-14-8-11(2)4-6-13(14)16-15(17)18/h4,6,8,10,12H,3,5,7,9H2,1-2H3,(H,16,18). The Morgan fingerprint density at radius 1 is 1.39 bits per heavy atom. The molecule has 0 spiro atoms. The highest BCUT2D eigenvalue weighted by Gasteiger charge is 2.22. The maximum absolute atomic E-state index is 5.47. The number of hydrogen-bond donors (Lipinski definition) is 1. The summed E-state index contributed by atoms with van der Waals surface area (Å²) in [6, 6.07) is 6.50. The number of aromatic amines is 1. The molecular weight excluding hydrogens is 240 g/mol. The molecule has 0 aliphatic heterocycles. The van der Waals surface area contributed by atoms with E-state index in [4.69, 9.17) is 12.2 Å². The van der Waals surface area contributed by atoms with Crippen molar-refractivity contribution in [3.8, 4) is 0 Å². The molecule has 1 fully saturated rings. The summed E-state index contributed by atoms with van der Waals surface area (Å²) in [5, 5.41) is 0. The van der Waals surface area contributed by atoms with Crippen LogP contribution in [0.1, 0.15) is 31.7 Å². The van der Waals surface area contributed by atoms with Crippen LogP contribution in [0, 0.1) is 23.5 Å². The number of aromatic nitrogens is 2. The van der Waals surface area contributed by atoms with Crippen LogP contribution in [0.5, 0.6) is 0 Å². The van der Waals surface area contributed by atoms with Crippen molar-refractivity contribution in [3.05, 3.63) is 28.5 Å². The minimum absolute atomic E-state index is 0.797. The number of benzene rings is 1. The summed E-state index contributed by atoms with van der Waals surface area (Å²) in [5.74, 6) is 1.68. The molecule has 18 heavy (non-hydrogen) atoms. The van der Waals surface area contributed by atoms with Gasteiger partial charge in [-0.15, -0.1) is 0 Å². The second kappa shape index (κ2) is 4.54. The lowest BCUT2D eigenvalue weighted by molar-refractivity contribution is 0.444. The first-order valence-corrected chi connectivity index (χ1v) is 7.23. The number of imidazole rings is 1. The van der Waals surface area contributed by atoms with Crippen LogP contribution in [0.3, 0.4) is 0 Å². The van der Waals surface area contributed by atoms with E-state index in [9.17, 15) is 0 Å². The van der Waals surface area contributed by atoms with Crippen LogP contribution in [0.25, 0.3) is 11.0 Å². The van der Waals surface area contributed by atoms with Gasteiger partial charge in [0.1, 0.15) is 0 Å². The van der Waals surface area contributed by atoms with Gasteiger partial charge < -0.3 is 9.55 Å². The van der Waals surface area contributed by atoms with Gasteiger partial charge in [0.15, 0.2) is 4.77 Å². The zero-order valence-electron chi connectivity index (χ0n) is 11.1. The van der Waals surface area contributed by atoms with Crippen molar-refractivity contribution in [1.29, 1.82) is 0 Å². The average molecular weight is 260 g/mol. The Hall–Kier alpha value is -1.09. The fourth-order valence-corrected chi connectivity index (χ4v) is 3.48. The van der Waals surface area contributed by atoms with E-state index < -0.39 is 0 Å². The largest absolute Gasteiger partial charge is 0.331 e. The molecule has 1 aromatic carbocycles. The van der Waals surface area contributed by atoms with Crippen LogP contribution in [0.2, 0.25) is 0 Å². The molecule has 1 N–H and O–H groups in total. The predicted molar refractivity (Wildman–Crippen MR) is 78.4 cm³/mol. The molecular formula is C15H20N2S. The van der Waals surface area contributed by atoms with Gasteiger partial charge in [-0.3, -0.25) is 0 Å². The van der Waals surface area contributed by atoms with Crippen molar-refractivity contribution in [2.45, 2.75) is 39.7 Å². The van der Waals surface area contributed by atoms with Gasteiger partial charge in [0.2, 0.25) is 0 Å². The number of nitrogens with one attached hydrogen (secondary N) is 1. The molecule has 3 heteroatoms. The molecule has 2 aromatic rings. The predicted octanol–water partition coefficient (Wildman–Crippen LogP) is 4.44. The first kappa shape index (κ1) is 12.0. The summed E-state index contributed by atoms with van der Waals surface area (Å²) >= 11 is 5.47. The Morgan fingerprint density at radius 3 is 2.94 bits per heavy atom. The molecule has 0 saturated heterocycles. The topological polar surface area (TPSA) is 20.7 Å². The molecule has 2 unspecified atom stereocenters. The number of fused-ring (bicyclic) bond motifs is 1. The van der Waals surface area contributed by atoms with E-state index >= 15 is 0 Å². The second-order valence-electron chi connectivity index (χ2n) is 5.85. The number of nitrogens with zero attached hydrogens (tertiary/aromatic N) is 1. The molecule has 2 atom stereocenters. The molecule has 1 aliphatic carbocycles. The summed E-state index contributed by atoms with van der Waals surface area (Å²) in [6.07, 6.45) is 4.07. The third kappa shape index (κ3) is 2.12. The maximum Gasteiger partial charge on any atom is 0.178 e. The van der Waals surface area contributed by atoms with E-state index in [0.29, 0.717) is 0 Å². The lowest BCUT2D eigenvalue weighted by Crippen LogP contribution is -2.07. The van der Waals surface area contributed by atoms with E-state index in [-0.39, 0.29) is 0 Å². The zero-order chi connectivity index (χ0) is 12.7. The highest BCUT2D eigenvalue weighted by molar-refractivity contribution is 7.71. The van der Waals surface area contributed by atoms with Gasteiger partial charge in [-0.1, -0.05) is 19.4 Å². The summed E-state index contributed by atoms with van der Waals surface area (Å²) in [6.45, 7) is 5.57. The molecule has 0 radical (unpaired) electrons. The first-order chi connectivity index (χ1) is 8.63. The van der Waals surface area contributed by atoms with Gasteiger partial charge in [0.25, 0.3) is 0 Å². The Morgan fingerprint density at radius 2 is 2.22 bits per heavy atom. The molecule has 1 aliphatic rings. The zero-order valence-corrected chi connectivity index (χ0v) is 11.9. The second-order valence-corrected chi connectivity index (χ2v) is 6.23. The fraction of sp³-hybridized carbons (Fsp3) is 0.533. The van der Waals surface area contributed by atoms with Crippen molar-refractivity contribution < 1.29 is 0 Å².